The molecule has 2 rings (SSSR count). The molecular formula is C20H21ClO4. The number of unbranched alkanes of at least 4 members (excludes halogenated alkanes) is 1. The molecule has 25 heavy (non-hydrogen) atoms. The Labute approximate surface area is 152 Å². The van der Waals surface area contributed by atoms with E-state index in [1.165, 1.54) is 6.07 Å². The number of aromatic hydroxyl groups is 1. The lowest BCUT2D eigenvalue weighted by Crippen LogP contribution is -2.07. The number of carbonyl (C=O) groups is 2. The Morgan fingerprint density at radius 2 is 1.88 bits per heavy atom. The maximum absolute atomic E-state index is 12.5. The fraction of sp³-hybridized carbons (Fsp3) is 0.300. The predicted octanol–water partition coefficient (Wildman–Crippen LogP) is 4.61. The Morgan fingerprint density at radius 3 is 2.60 bits per heavy atom. The number of hydrogen-bond acceptors (Lipinski definition) is 4. The first-order chi connectivity index (χ1) is 12.0. The summed E-state index contributed by atoms with van der Waals surface area (Å²) in [5, 5.41) is 10.3. The van der Waals surface area contributed by atoms with Gasteiger partial charge in [-0.2, -0.15) is 0 Å². The van der Waals surface area contributed by atoms with Crippen molar-refractivity contribution in [3.8, 4) is 11.5 Å². The van der Waals surface area contributed by atoms with Crippen LogP contribution in [0.15, 0.2) is 42.5 Å². The number of para-hydroxylation sites is 1. The fourth-order valence-electron chi connectivity index (χ4n) is 2.46. The number of rotatable bonds is 9. The quantitative estimate of drug-likeness (QED) is 0.524. The van der Waals surface area contributed by atoms with Crippen LogP contribution in [-0.2, 0) is 11.2 Å². The molecule has 0 heterocycles. The number of ketones is 2. The molecule has 132 valence electrons. The molecule has 4 nitrogen and oxygen atoms in total. The van der Waals surface area contributed by atoms with E-state index in [0.717, 1.165) is 12.8 Å². The van der Waals surface area contributed by atoms with Crippen molar-refractivity contribution < 1.29 is 19.4 Å². The van der Waals surface area contributed by atoms with Crippen LogP contribution in [0.3, 0.4) is 0 Å². The third-order valence-electron chi connectivity index (χ3n) is 3.76. The van der Waals surface area contributed by atoms with Gasteiger partial charge in [0, 0.05) is 23.4 Å². The molecule has 0 spiro atoms. The van der Waals surface area contributed by atoms with Crippen molar-refractivity contribution in [3.05, 3.63) is 58.6 Å². The minimum absolute atomic E-state index is 0.0405. The first-order valence-corrected chi connectivity index (χ1v) is 8.57. The summed E-state index contributed by atoms with van der Waals surface area (Å²) in [7, 11) is 0. The van der Waals surface area contributed by atoms with Crippen molar-refractivity contribution in [2.24, 2.45) is 0 Å². The summed E-state index contributed by atoms with van der Waals surface area (Å²) in [6, 6.07) is 11.6. The first kappa shape index (κ1) is 19.0. The Hall–Kier alpha value is -2.33. The Kier molecular flexibility index (Phi) is 7.02. The molecule has 1 N–H and O–H groups in total. The average Bonchev–Trinajstić information content (AvgIpc) is 2.56. The molecule has 0 aliphatic rings. The van der Waals surface area contributed by atoms with E-state index in [-0.39, 0.29) is 29.3 Å². The van der Waals surface area contributed by atoms with Crippen molar-refractivity contribution in [1.29, 1.82) is 0 Å². The summed E-state index contributed by atoms with van der Waals surface area (Å²) in [4.78, 5) is 23.4. The van der Waals surface area contributed by atoms with Gasteiger partial charge < -0.3 is 14.6 Å². The molecule has 0 amide bonds. The van der Waals surface area contributed by atoms with Gasteiger partial charge in [-0.1, -0.05) is 23.7 Å². The lowest BCUT2D eigenvalue weighted by Gasteiger charge is -2.12. The molecular weight excluding hydrogens is 340 g/mol. The number of phenolic OH excluding ortho intramolecular Hbond substituents is 1. The van der Waals surface area contributed by atoms with Gasteiger partial charge in [0.25, 0.3) is 0 Å². The predicted molar refractivity (Wildman–Crippen MR) is 97.6 cm³/mol. The molecule has 0 aromatic heterocycles. The lowest BCUT2D eigenvalue weighted by atomic mass is 10.0. The van der Waals surface area contributed by atoms with Gasteiger partial charge in [-0.25, -0.2) is 0 Å². The second kappa shape index (κ2) is 9.23. The van der Waals surface area contributed by atoms with Crippen LogP contribution in [0.25, 0.3) is 0 Å². The van der Waals surface area contributed by atoms with E-state index < -0.39 is 0 Å². The summed E-state index contributed by atoms with van der Waals surface area (Å²) in [5.41, 5.74) is 0.946. The Balaban J connectivity index is 2.04. The second-order valence-corrected chi connectivity index (χ2v) is 6.31. The Bertz CT molecular complexity index is 755. The highest BCUT2D eigenvalue weighted by Gasteiger charge is 2.14. The van der Waals surface area contributed by atoms with E-state index in [4.69, 9.17) is 16.3 Å². The SMILES string of the molecule is CC(=O)CCCCOc1ccc(Cl)cc1CC(=O)c1ccccc1O. The Morgan fingerprint density at radius 1 is 1.12 bits per heavy atom. The standard InChI is InChI=1S/C20H21ClO4/c1-14(22)6-4-5-11-25-20-10-9-16(21)12-15(20)13-19(24)17-7-2-3-8-18(17)23/h2-3,7-10,12,23H,4-6,11,13H2,1H3. The zero-order valence-corrected chi connectivity index (χ0v) is 14.9. The van der Waals surface area contributed by atoms with Crippen LogP contribution < -0.4 is 4.74 Å². The van der Waals surface area contributed by atoms with E-state index in [1.807, 2.05) is 0 Å². The minimum Gasteiger partial charge on any atom is -0.507 e. The van der Waals surface area contributed by atoms with Crippen molar-refractivity contribution in [3.63, 3.8) is 0 Å². The lowest BCUT2D eigenvalue weighted by molar-refractivity contribution is -0.117. The van der Waals surface area contributed by atoms with Gasteiger partial charge in [-0.05, 0) is 50.1 Å². The van der Waals surface area contributed by atoms with Gasteiger partial charge in [-0.15, -0.1) is 0 Å². The van der Waals surface area contributed by atoms with Gasteiger partial charge in [0.2, 0.25) is 0 Å². The summed E-state index contributed by atoms with van der Waals surface area (Å²) in [6.07, 6.45) is 2.16. The topological polar surface area (TPSA) is 63.6 Å². The van der Waals surface area contributed by atoms with Crippen LogP contribution in [0.2, 0.25) is 5.02 Å². The number of benzene rings is 2. The molecule has 0 aliphatic carbocycles. The highest BCUT2D eigenvalue weighted by atomic mass is 35.5. The number of Topliss-reactive ketones (excluding diaryl/α,β-unsaturated/α-hetero) is 2. The van der Waals surface area contributed by atoms with E-state index in [0.29, 0.717) is 29.4 Å². The maximum Gasteiger partial charge on any atom is 0.171 e. The highest BCUT2D eigenvalue weighted by Crippen LogP contribution is 2.26. The van der Waals surface area contributed by atoms with Crippen molar-refractivity contribution in [2.75, 3.05) is 6.61 Å². The van der Waals surface area contributed by atoms with Crippen molar-refractivity contribution in [1.82, 2.24) is 0 Å². The molecule has 5 heteroatoms. The van der Waals surface area contributed by atoms with Gasteiger partial charge in [-0.3, -0.25) is 4.79 Å². The van der Waals surface area contributed by atoms with E-state index >= 15 is 0 Å². The average molecular weight is 361 g/mol. The minimum atomic E-state index is -0.207. The third kappa shape index (κ3) is 5.91. The maximum atomic E-state index is 12.5. The second-order valence-electron chi connectivity index (χ2n) is 5.88. The fourth-order valence-corrected chi connectivity index (χ4v) is 2.66. The van der Waals surface area contributed by atoms with E-state index in [2.05, 4.69) is 0 Å². The first-order valence-electron chi connectivity index (χ1n) is 8.19. The third-order valence-corrected chi connectivity index (χ3v) is 3.99. The molecule has 0 bridgehead atoms. The van der Waals surface area contributed by atoms with Crippen LogP contribution in [-0.4, -0.2) is 23.3 Å². The molecule has 0 saturated heterocycles. The van der Waals surface area contributed by atoms with Gasteiger partial charge in [0.15, 0.2) is 5.78 Å². The molecule has 2 aromatic carbocycles. The normalized spacial score (nSPS) is 10.5. The zero-order chi connectivity index (χ0) is 18.2. The molecule has 0 unspecified atom stereocenters. The van der Waals surface area contributed by atoms with Crippen LogP contribution >= 0.6 is 11.6 Å². The van der Waals surface area contributed by atoms with Crippen LogP contribution in [0.5, 0.6) is 11.5 Å². The molecule has 0 atom stereocenters. The summed E-state index contributed by atoms with van der Waals surface area (Å²) in [6.45, 7) is 2.04. The number of phenols is 1. The molecule has 0 radical (unpaired) electrons. The van der Waals surface area contributed by atoms with Crippen LogP contribution in [0.1, 0.15) is 42.1 Å². The molecule has 0 saturated carbocycles. The van der Waals surface area contributed by atoms with E-state index in [1.54, 1.807) is 43.3 Å². The summed E-state index contributed by atoms with van der Waals surface area (Å²) in [5.74, 6) is 0.513. The number of ether oxygens (including phenoxy) is 1. The summed E-state index contributed by atoms with van der Waals surface area (Å²) >= 11 is 6.04. The van der Waals surface area contributed by atoms with Crippen LogP contribution in [0.4, 0.5) is 0 Å². The van der Waals surface area contributed by atoms with Crippen molar-refractivity contribution >= 4 is 23.2 Å². The van der Waals surface area contributed by atoms with Crippen molar-refractivity contribution in [2.45, 2.75) is 32.6 Å². The smallest absolute Gasteiger partial charge is 0.171 e. The zero-order valence-electron chi connectivity index (χ0n) is 14.1. The van der Waals surface area contributed by atoms with Gasteiger partial charge >= 0.3 is 0 Å². The number of carbonyl (C=O) groups excluding carboxylic acids is 2. The number of halogens is 1. The highest BCUT2D eigenvalue weighted by molar-refractivity contribution is 6.30. The largest absolute Gasteiger partial charge is 0.507 e. The van der Waals surface area contributed by atoms with Crippen LogP contribution in [0, 0.1) is 0 Å². The molecule has 2 aromatic rings. The monoisotopic (exact) mass is 360 g/mol. The number of hydrogen-bond donors (Lipinski definition) is 1. The van der Waals surface area contributed by atoms with Gasteiger partial charge in [0.1, 0.15) is 17.3 Å². The molecule has 0 aliphatic heterocycles. The molecule has 0 fully saturated rings. The van der Waals surface area contributed by atoms with Gasteiger partial charge in [0.05, 0.1) is 12.2 Å². The summed E-state index contributed by atoms with van der Waals surface area (Å²) < 4.78 is 5.76. The van der Waals surface area contributed by atoms with E-state index in [9.17, 15) is 14.7 Å².